The number of aliphatic imine (C=N–C) groups is 1. The predicted molar refractivity (Wildman–Crippen MR) is 98.9 cm³/mol. The summed E-state index contributed by atoms with van der Waals surface area (Å²) in [5.74, 6) is 0.862. The Kier molecular flexibility index (Phi) is 9.61. The second-order valence-electron chi connectivity index (χ2n) is 5.78. The van der Waals surface area contributed by atoms with Crippen molar-refractivity contribution in [2.24, 2.45) is 4.99 Å². The molecule has 1 heterocycles. The third-order valence-corrected chi connectivity index (χ3v) is 6.19. The molecule has 0 radical (unpaired) electrons. The summed E-state index contributed by atoms with van der Waals surface area (Å²) in [4.78, 5) is 6.73. The first-order valence-electron chi connectivity index (χ1n) is 9.11. The maximum Gasteiger partial charge on any atom is 0.215 e. The molecule has 0 unspecified atom stereocenters. The Labute approximate surface area is 147 Å². The van der Waals surface area contributed by atoms with Crippen LogP contribution < -0.4 is 5.32 Å². The monoisotopic (exact) mass is 362 g/mol. The topological polar surface area (TPSA) is 74.2 Å². The second-order valence-corrected chi connectivity index (χ2v) is 7.87. The molecule has 0 aromatic heterocycles. The standard InChI is InChI=1S/C16H34N4O3S/c1-5-17-16(19-12-9-15(10-13-19)23-8-4)18-11-14-24(21,22)20(6-2)7-3/h15H,5-14H2,1-4H3,(H,17,18). The van der Waals surface area contributed by atoms with E-state index in [9.17, 15) is 8.42 Å². The van der Waals surface area contributed by atoms with E-state index in [1.807, 2.05) is 27.7 Å². The van der Waals surface area contributed by atoms with Crippen LogP contribution in [0.3, 0.4) is 0 Å². The Morgan fingerprint density at radius 1 is 1.21 bits per heavy atom. The van der Waals surface area contributed by atoms with Gasteiger partial charge in [0.05, 0.1) is 18.4 Å². The van der Waals surface area contributed by atoms with Crippen LogP contribution in [-0.4, -0.2) is 81.3 Å². The molecule has 1 rings (SSSR count). The first-order chi connectivity index (χ1) is 11.5. The summed E-state index contributed by atoms with van der Waals surface area (Å²) in [6.45, 7) is 12.4. The molecule has 1 N–H and O–H groups in total. The second kappa shape index (κ2) is 10.9. The van der Waals surface area contributed by atoms with E-state index in [-0.39, 0.29) is 12.3 Å². The van der Waals surface area contributed by atoms with E-state index in [1.54, 1.807) is 0 Å². The molecule has 1 saturated heterocycles. The molecule has 8 heteroatoms. The highest BCUT2D eigenvalue weighted by molar-refractivity contribution is 7.89. The number of piperidine rings is 1. The summed E-state index contributed by atoms with van der Waals surface area (Å²) in [5, 5.41) is 3.27. The number of rotatable bonds is 9. The van der Waals surface area contributed by atoms with Gasteiger partial charge in [0.2, 0.25) is 10.0 Å². The molecule has 0 aliphatic carbocycles. The highest BCUT2D eigenvalue weighted by Gasteiger charge is 2.22. The van der Waals surface area contributed by atoms with Crippen molar-refractivity contribution in [1.82, 2.24) is 14.5 Å². The SMILES string of the molecule is CCNC(=NCCS(=O)(=O)N(CC)CC)N1CCC(OCC)CC1. The average molecular weight is 363 g/mol. The van der Waals surface area contributed by atoms with Gasteiger partial charge in [0.1, 0.15) is 0 Å². The molecule has 142 valence electrons. The van der Waals surface area contributed by atoms with Gasteiger partial charge in [-0.05, 0) is 26.7 Å². The maximum absolute atomic E-state index is 12.2. The molecule has 0 atom stereocenters. The normalized spacial score (nSPS) is 17.5. The van der Waals surface area contributed by atoms with Crippen LogP contribution in [0.25, 0.3) is 0 Å². The van der Waals surface area contributed by atoms with E-state index in [2.05, 4.69) is 15.2 Å². The van der Waals surface area contributed by atoms with Gasteiger partial charge in [-0.2, -0.15) is 0 Å². The summed E-state index contributed by atoms with van der Waals surface area (Å²) in [7, 11) is -3.22. The third kappa shape index (κ3) is 6.57. The molecule has 0 aromatic rings. The van der Waals surface area contributed by atoms with E-state index >= 15 is 0 Å². The smallest absolute Gasteiger partial charge is 0.215 e. The molecule has 0 amide bonds. The van der Waals surface area contributed by atoms with E-state index in [4.69, 9.17) is 4.74 Å². The number of sulfonamides is 1. The van der Waals surface area contributed by atoms with E-state index in [1.165, 1.54) is 4.31 Å². The van der Waals surface area contributed by atoms with E-state index in [0.29, 0.717) is 19.2 Å². The molecular weight excluding hydrogens is 328 g/mol. The van der Waals surface area contributed by atoms with E-state index < -0.39 is 10.0 Å². The summed E-state index contributed by atoms with van der Waals surface area (Å²) in [6.07, 6.45) is 2.29. The molecule has 0 bridgehead atoms. The zero-order valence-electron chi connectivity index (χ0n) is 15.6. The highest BCUT2D eigenvalue weighted by Crippen LogP contribution is 2.13. The van der Waals surface area contributed by atoms with Crippen LogP contribution in [0.1, 0.15) is 40.5 Å². The van der Waals surface area contributed by atoms with Crippen molar-refractivity contribution in [2.45, 2.75) is 46.6 Å². The fourth-order valence-corrected chi connectivity index (χ4v) is 4.28. The Morgan fingerprint density at radius 2 is 1.83 bits per heavy atom. The minimum absolute atomic E-state index is 0.0545. The lowest BCUT2D eigenvalue weighted by Gasteiger charge is -2.34. The lowest BCUT2D eigenvalue weighted by Crippen LogP contribution is -2.47. The fraction of sp³-hybridized carbons (Fsp3) is 0.938. The summed E-state index contributed by atoms with van der Waals surface area (Å²) >= 11 is 0. The molecule has 1 fully saturated rings. The quantitative estimate of drug-likeness (QED) is 0.491. The largest absolute Gasteiger partial charge is 0.378 e. The molecule has 0 aromatic carbocycles. The van der Waals surface area contributed by atoms with Crippen molar-refractivity contribution in [3.8, 4) is 0 Å². The first kappa shape index (κ1) is 21.2. The zero-order chi connectivity index (χ0) is 18.0. The highest BCUT2D eigenvalue weighted by atomic mass is 32.2. The lowest BCUT2D eigenvalue weighted by molar-refractivity contribution is 0.0264. The average Bonchev–Trinajstić information content (AvgIpc) is 2.56. The van der Waals surface area contributed by atoms with Gasteiger partial charge in [-0.1, -0.05) is 13.8 Å². The van der Waals surface area contributed by atoms with Gasteiger partial charge >= 0.3 is 0 Å². The molecule has 24 heavy (non-hydrogen) atoms. The maximum atomic E-state index is 12.2. The predicted octanol–water partition coefficient (Wildman–Crippen LogP) is 1.12. The van der Waals surface area contributed by atoms with Crippen LogP contribution in [0.5, 0.6) is 0 Å². The van der Waals surface area contributed by atoms with Crippen molar-refractivity contribution in [2.75, 3.05) is 51.6 Å². The molecule has 0 spiro atoms. The van der Waals surface area contributed by atoms with Crippen LogP contribution in [0.2, 0.25) is 0 Å². The van der Waals surface area contributed by atoms with Gasteiger partial charge in [-0.25, -0.2) is 12.7 Å². The van der Waals surface area contributed by atoms with E-state index in [0.717, 1.165) is 45.0 Å². The third-order valence-electron chi connectivity index (χ3n) is 4.19. The van der Waals surface area contributed by atoms with Crippen LogP contribution in [0.15, 0.2) is 4.99 Å². The van der Waals surface area contributed by atoms with Crippen LogP contribution in [-0.2, 0) is 14.8 Å². The van der Waals surface area contributed by atoms with Gasteiger partial charge in [0, 0.05) is 39.3 Å². The summed E-state index contributed by atoms with van der Waals surface area (Å²) in [5.41, 5.74) is 0. The number of guanidine groups is 1. The summed E-state index contributed by atoms with van der Waals surface area (Å²) < 4.78 is 31.6. The number of likely N-dealkylation sites (tertiary alicyclic amines) is 1. The van der Waals surface area contributed by atoms with Crippen molar-refractivity contribution < 1.29 is 13.2 Å². The molecular formula is C16H34N4O3S. The minimum Gasteiger partial charge on any atom is -0.378 e. The van der Waals surface area contributed by atoms with Crippen LogP contribution in [0.4, 0.5) is 0 Å². The van der Waals surface area contributed by atoms with Gasteiger partial charge in [-0.3, -0.25) is 4.99 Å². The van der Waals surface area contributed by atoms with Crippen LogP contribution >= 0.6 is 0 Å². The zero-order valence-corrected chi connectivity index (χ0v) is 16.4. The number of hydrogen-bond donors (Lipinski definition) is 1. The van der Waals surface area contributed by atoms with Gasteiger partial charge < -0.3 is 15.0 Å². The summed E-state index contributed by atoms with van der Waals surface area (Å²) in [6, 6.07) is 0. The van der Waals surface area contributed by atoms with Crippen molar-refractivity contribution in [3.05, 3.63) is 0 Å². The number of nitrogens with one attached hydrogen (secondary N) is 1. The lowest BCUT2D eigenvalue weighted by atomic mass is 10.1. The van der Waals surface area contributed by atoms with Gasteiger partial charge in [0.15, 0.2) is 5.96 Å². The first-order valence-corrected chi connectivity index (χ1v) is 10.7. The Morgan fingerprint density at radius 3 is 2.33 bits per heavy atom. The minimum atomic E-state index is -3.22. The molecule has 0 saturated carbocycles. The number of hydrogen-bond acceptors (Lipinski definition) is 4. The Hall–Kier alpha value is -0.860. The fourth-order valence-electron chi connectivity index (χ4n) is 2.91. The number of nitrogens with zero attached hydrogens (tertiary/aromatic N) is 3. The number of ether oxygens (including phenoxy) is 1. The molecule has 1 aliphatic rings. The van der Waals surface area contributed by atoms with Gasteiger partial charge in [-0.15, -0.1) is 0 Å². The van der Waals surface area contributed by atoms with Crippen molar-refractivity contribution in [3.63, 3.8) is 0 Å². The Bertz CT molecular complexity index is 470. The molecule has 1 aliphatic heterocycles. The van der Waals surface area contributed by atoms with Crippen molar-refractivity contribution in [1.29, 1.82) is 0 Å². The van der Waals surface area contributed by atoms with Crippen molar-refractivity contribution >= 4 is 16.0 Å². The van der Waals surface area contributed by atoms with Gasteiger partial charge in [0.25, 0.3) is 0 Å². The Balaban J connectivity index is 2.60. The van der Waals surface area contributed by atoms with Crippen LogP contribution in [0, 0.1) is 0 Å². The molecule has 7 nitrogen and oxygen atoms in total.